The van der Waals surface area contributed by atoms with Crippen molar-refractivity contribution in [2.24, 2.45) is 5.92 Å². The fourth-order valence-electron chi connectivity index (χ4n) is 4.27. The van der Waals surface area contributed by atoms with E-state index in [2.05, 4.69) is 16.7 Å². The lowest BCUT2D eigenvalue weighted by atomic mass is 9.83. The molecule has 17 heavy (non-hydrogen) atoms. The monoisotopic (exact) mass is 236 g/mol. The second-order valence-corrected chi connectivity index (χ2v) is 6.41. The van der Waals surface area contributed by atoms with Gasteiger partial charge in [0.2, 0.25) is 0 Å². The molecular weight excluding hydrogens is 208 g/mol. The van der Waals surface area contributed by atoms with Crippen molar-refractivity contribution in [2.45, 2.75) is 64.0 Å². The third kappa shape index (κ3) is 2.53. The Hall–Kier alpha value is -0.0800. The van der Waals surface area contributed by atoms with Crippen molar-refractivity contribution in [2.75, 3.05) is 26.2 Å². The molecule has 3 rings (SSSR count). The summed E-state index contributed by atoms with van der Waals surface area (Å²) in [7, 11) is 0. The van der Waals surface area contributed by atoms with Crippen molar-refractivity contribution in [1.29, 1.82) is 0 Å². The highest BCUT2D eigenvalue weighted by atomic mass is 15.3. The quantitative estimate of drug-likeness (QED) is 0.727. The summed E-state index contributed by atoms with van der Waals surface area (Å²) in [5.74, 6) is 1.04. The van der Waals surface area contributed by atoms with E-state index in [9.17, 15) is 0 Å². The van der Waals surface area contributed by atoms with Crippen molar-refractivity contribution >= 4 is 0 Å². The summed E-state index contributed by atoms with van der Waals surface area (Å²) < 4.78 is 0. The fraction of sp³-hybridized carbons (Fsp3) is 1.00. The van der Waals surface area contributed by atoms with Crippen molar-refractivity contribution in [3.05, 3.63) is 0 Å². The van der Waals surface area contributed by atoms with Gasteiger partial charge in [-0.25, -0.2) is 0 Å². The first-order chi connectivity index (χ1) is 8.36. The zero-order valence-corrected chi connectivity index (χ0v) is 11.4. The SMILES string of the molecule is CCC1CCC(N2CCN3CCCC3C2)CC1. The predicted octanol–water partition coefficient (Wildman–Crippen LogP) is 2.74. The van der Waals surface area contributed by atoms with Crippen LogP contribution in [0.5, 0.6) is 0 Å². The van der Waals surface area contributed by atoms with E-state index in [-0.39, 0.29) is 0 Å². The van der Waals surface area contributed by atoms with E-state index >= 15 is 0 Å². The average Bonchev–Trinajstić information content (AvgIpc) is 2.86. The summed E-state index contributed by atoms with van der Waals surface area (Å²) in [6.45, 7) is 7.81. The second-order valence-electron chi connectivity index (χ2n) is 6.41. The van der Waals surface area contributed by atoms with Gasteiger partial charge < -0.3 is 0 Å². The number of hydrogen-bond acceptors (Lipinski definition) is 2. The molecule has 2 heteroatoms. The van der Waals surface area contributed by atoms with Crippen LogP contribution in [0.3, 0.4) is 0 Å². The van der Waals surface area contributed by atoms with Gasteiger partial charge in [0.25, 0.3) is 0 Å². The third-order valence-electron chi connectivity index (χ3n) is 5.53. The van der Waals surface area contributed by atoms with Gasteiger partial charge in [-0.2, -0.15) is 0 Å². The molecule has 0 N–H and O–H groups in total. The van der Waals surface area contributed by atoms with Crippen LogP contribution >= 0.6 is 0 Å². The van der Waals surface area contributed by atoms with E-state index in [4.69, 9.17) is 0 Å². The van der Waals surface area contributed by atoms with Crippen LogP contribution in [0.1, 0.15) is 51.9 Å². The molecule has 2 aliphatic heterocycles. The minimum atomic E-state index is 0.910. The smallest absolute Gasteiger partial charge is 0.0224 e. The highest BCUT2D eigenvalue weighted by Gasteiger charge is 2.34. The topological polar surface area (TPSA) is 6.48 Å². The number of hydrogen-bond donors (Lipinski definition) is 0. The standard InChI is InChI=1S/C15H28N2/c1-2-13-5-7-14(8-6-13)17-11-10-16-9-3-4-15(16)12-17/h13-15H,2-12H2,1H3. The molecule has 3 aliphatic rings. The van der Waals surface area contributed by atoms with Gasteiger partial charge in [-0.05, 0) is 51.0 Å². The average molecular weight is 236 g/mol. The molecule has 0 radical (unpaired) electrons. The van der Waals surface area contributed by atoms with Crippen molar-refractivity contribution in [1.82, 2.24) is 9.80 Å². The van der Waals surface area contributed by atoms with Crippen LogP contribution in [0.25, 0.3) is 0 Å². The Morgan fingerprint density at radius 1 is 0.824 bits per heavy atom. The van der Waals surface area contributed by atoms with E-state index in [1.165, 1.54) is 71.1 Å². The Morgan fingerprint density at radius 2 is 1.59 bits per heavy atom. The highest BCUT2D eigenvalue weighted by molar-refractivity contribution is 4.90. The van der Waals surface area contributed by atoms with Crippen molar-refractivity contribution in [3.8, 4) is 0 Å². The van der Waals surface area contributed by atoms with Crippen LogP contribution in [0.4, 0.5) is 0 Å². The van der Waals surface area contributed by atoms with E-state index in [0.717, 1.165) is 18.0 Å². The maximum atomic E-state index is 2.83. The van der Waals surface area contributed by atoms with E-state index < -0.39 is 0 Å². The molecule has 1 unspecified atom stereocenters. The van der Waals surface area contributed by atoms with E-state index in [0.29, 0.717) is 0 Å². The fourth-order valence-corrected chi connectivity index (χ4v) is 4.27. The summed E-state index contributed by atoms with van der Waals surface area (Å²) in [6, 6.07) is 1.84. The summed E-state index contributed by atoms with van der Waals surface area (Å²) in [5.41, 5.74) is 0. The lowest BCUT2D eigenvalue weighted by molar-refractivity contribution is 0.0503. The summed E-state index contributed by atoms with van der Waals surface area (Å²) in [4.78, 5) is 5.56. The van der Waals surface area contributed by atoms with Gasteiger partial charge in [-0.3, -0.25) is 9.80 Å². The van der Waals surface area contributed by atoms with E-state index in [1.807, 2.05) is 0 Å². The Balaban J connectivity index is 1.52. The Morgan fingerprint density at radius 3 is 2.35 bits per heavy atom. The number of rotatable bonds is 2. The minimum Gasteiger partial charge on any atom is -0.298 e. The summed E-state index contributed by atoms with van der Waals surface area (Å²) in [6.07, 6.45) is 10.2. The Bertz CT molecular complexity index is 245. The molecule has 2 nitrogen and oxygen atoms in total. The largest absolute Gasteiger partial charge is 0.298 e. The van der Waals surface area contributed by atoms with Gasteiger partial charge in [-0.1, -0.05) is 13.3 Å². The van der Waals surface area contributed by atoms with Gasteiger partial charge in [0.1, 0.15) is 0 Å². The molecule has 1 aliphatic carbocycles. The molecule has 2 heterocycles. The lowest BCUT2D eigenvalue weighted by Crippen LogP contribution is -2.54. The van der Waals surface area contributed by atoms with Crippen LogP contribution < -0.4 is 0 Å². The van der Waals surface area contributed by atoms with Crippen LogP contribution in [0.2, 0.25) is 0 Å². The maximum Gasteiger partial charge on any atom is 0.0224 e. The van der Waals surface area contributed by atoms with Gasteiger partial charge >= 0.3 is 0 Å². The molecular formula is C15H28N2. The van der Waals surface area contributed by atoms with Crippen LogP contribution in [0.15, 0.2) is 0 Å². The molecule has 0 aromatic rings. The number of fused-ring (bicyclic) bond motifs is 1. The molecule has 0 bridgehead atoms. The van der Waals surface area contributed by atoms with Gasteiger partial charge in [0, 0.05) is 31.7 Å². The molecule has 1 atom stereocenters. The molecule has 0 amide bonds. The van der Waals surface area contributed by atoms with Gasteiger partial charge in [0.05, 0.1) is 0 Å². The number of piperazine rings is 1. The third-order valence-corrected chi connectivity index (χ3v) is 5.53. The molecule has 0 aromatic heterocycles. The van der Waals surface area contributed by atoms with Crippen LogP contribution in [-0.4, -0.2) is 48.1 Å². The van der Waals surface area contributed by atoms with Gasteiger partial charge in [-0.15, -0.1) is 0 Å². The van der Waals surface area contributed by atoms with Crippen LogP contribution in [-0.2, 0) is 0 Å². The van der Waals surface area contributed by atoms with Crippen LogP contribution in [0, 0.1) is 5.92 Å². The summed E-state index contributed by atoms with van der Waals surface area (Å²) in [5, 5.41) is 0. The molecule has 2 saturated heterocycles. The van der Waals surface area contributed by atoms with E-state index in [1.54, 1.807) is 0 Å². The first-order valence-corrected chi connectivity index (χ1v) is 7.85. The lowest BCUT2D eigenvalue weighted by Gasteiger charge is -2.43. The molecule has 0 aromatic carbocycles. The molecule has 98 valence electrons. The normalized spacial score (nSPS) is 40.4. The zero-order chi connectivity index (χ0) is 11.7. The maximum absolute atomic E-state index is 2.83. The zero-order valence-electron chi connectivity index (χ0n) is 11.4. The summed E-state index contributed by atoms with van der Waals surface area (Å²) >= 11 is 0. The molecule has 1 saturated carbocycles. The Kier molecular flexibility index (Phi) is 3.72. The highest BCUT2D eigenvalue weighted by Crippen LogP contribution is 2.31. The molecule has 3 fully saturated rings. The van der Waals surface area contributed by atoms with Crippen molar-refractivity contribution in [3.63, 3.8) is 0 Å². The van der Waals surface area contributed by atoms with Crippen molar-refractivity contribution < 1.29 is 0 Å². The minimum absolute atomic E-state index is 0.910. The molecule has 0 spiro atoms. The Labute approximate surface area is 106 Å². The predicted molar refractivity (Wildman–Crippen MR) is 72.2 cm³/mol. The number of nitrogens with zero attached hydrogens (tertiary/aromatic N) is 2. The first-order valence-electron chi connectivity index (χ1n) is 7.85. The first kappa shape index (κ1) is 12.0. The second kappa shape index (κ2) is 5.27. The van der Waals surface area contributed by atoms with Gasteiger partial charge in [0.15, 0.2) is 0 Å².